The molecule has 0 saturated heterocycles. The van der Waals surface area contributed by atoms with Crippen LogP contribution in [0.5, 0.6) is 0 Å². The van der Waals surface area contributed by atoms with E-state index in [0.29, 0.717) is 5.82 Å². The maximum Gasteiger partial charge on any atom is 0.162 e. The molecule has 11 aromatic rings. The van der Waals surface area contributed by atoms with E-state index >= 15 is 0 Å². The minimum absolute atomic E-state index is 0.656. The Kier molecular flexibility index (Phi) is 5.89. The van der Waals surface area contributed by atoms with Crippen LogP contribution < -0.4 is 0 Å². The second-order valence-electron chi connectivity index (χ2n) is 13.0. The highest BCUT2D eigenvalue weighted by atomic mass is 16.3. The molecule has 5 heteroatoms. The van der Waals surface area contributed by atoms with Crippen molar-refractivity contribution in [3.63, 3.8) is 0 Å². The van der Waals surface area contributed by atoms with E-state index in [4.69, 9.17) is 14.4 Å². The van der Waals surface area contributed by atoms with Crippen LogP contribution in [0.2, 0.25) is 0 Å². The molecule has 0 bridgehead atoms. The predicted molar refractivity (Wildman–Crippen MR) is 209 cm³/mol. The summed E-state index contributed by atoms with van der Waals surface area (Å²) in [4.78, 5) is 10.5. The highest BCUT2D eigenvalue weighted by Crippen LogP contribution is 2.42. The van der Waals surface area contributed by atoms with Crippen molar-refractivity contribution in [2.24, 2.45) is 0 Å². The van der Waals surface area contributed by atoms with Crippen molar-refractivity contribution >= 4 is 65.6 Å². The van der Waals surface area contributed by atoms with Gasteiger partial charge in [0.2, 0.25) is 0 Å². The summed E-state index contributed by atoms with van der Waals surface area (Å²) < 4.78 is 10.9. The number of nitrogens with zero attached hydrogens (tertiary/aromatic N) is 4. The molecule has 0 unspecified atom stereocenters. The minimum Gasteiger partial charge on any atom is -0.456 e. The van der Waals surface area contributed by atoms with Gasteiger partial charge in [-0.3, -0.25) is 4.57 Å². The van der Waals surface area contributed by atoms with Crippen LogP contribution in [0.25, 0.3) is 99.7 Å². The van der Waals surface area contributed by atoms with Crippen molar-refractivity contribution in [2.45, 2.75) is 0 Å². The first-order valence-corrected chi connectivity index (χ1v) is 17.2. The van der Waals surface area contributed by atoms with E-state index < -0.39 is 0 Å². The first-order chi connectivity index (χ1) is 25.3. The third-order valence-electron chi connectivity index (χ3n) is 10.1. The fraction of sp³-hybridized carbons (Fsp3) is 0. The zero-order valence-corrected chi connectivity index (χ0v) is 27.4. The fourth-order valence-corrected chi connectivity index (χ4v) is 7.90. The summed E-state index contributed by atoms with van der Waals surface area (Å²) >= 11 is 0. The first kappa shape index (κ1) is 27.9. The van der Waals surface area contributed by atoms with Crippen LogP contribution >= 0.6 is 0 Å². The van der Waals surface area contributed by atoms with Crippen molar-refractivity contribution in [3.05, 3.63) is 170 Å². The van der Waals surface area contributed by atoms with Crippen molar-refractivity contribution in [1.82, 2.24) is 19.1 Å². The SMILES string of the molecule is c1ccc(-c2cc(-n3c4ccccc4c4c3ccc3c5ccccc5n(-c5ccccc5)c34)nc(-c3ccc4oc5ccccc5c4c3)n2)cc1. The van der Waals surface area contributed by atoms with E-state index in [1.807, 2.05) is 30.3 Å². The normalized spacial score (nSPS) is 11.9. The van der Waals surface area contributed by atoms with E-state index in [0.717, 1.165) is 61.3 Å². The fourth-order valence-electron chi connectivity index (χ4n) is 7.90. The van der Waals surface area contributed by atoms with Gasteiger partial charge in [-0.2, -0.15) is 0 Å². The maximum absolute atomic E-state index is 6.17. The monoisotopic (exact) mass is 652 g/mol. The van der Waals surface area contributed by atoms with Gasteiger partial charge in [0.1, 0.15) is 17.0 Å². The first-order valence-electron chi connectivity index (χ1n) is 17.2. The van der Waals surface area contributed by atoms with Crippen LogP contribution in [0.4, 0.5) is 0 Å². The predicted octanol–water partition coefficient (Wildman–Crippen LogP) is 11.9. The Morgan fingerprint density at radius 1 is 0.412 bits per heavy atom. The third kappa shape index (κ3) is 4.15. The Morgan fingerprint density at radius 3 is 1.90 bits per heavy atom. The van der Waals surface area contributed by atoms with Crippen LogP contribution in [0.15, 0.2) is 174 Å². The Morgan fingerprint density at radius 2 is 1.08 bits per heavy atom. The lowest BCUT2D eigenvalue weighted by atomic mass is 10.1. The molecule has 238 valence electrons. The summed E-state index contributed by atoms with van der Waals surface area (Å²) in [6.07, 6.45) is 0. The second kappa shape index (κ2) is 10.8. The van der Waals surface area contributed by atoms with Gasteiger partial charge in [0.25, 0.3) is 0 Å². The van der Waals surface area contributed by atoms with Gasteiger partial charge >= 0.3 is 0 Å². The molecule has 0 spiro atoms. The van der Waals surface area contributed by atoms with Gasteiger partial charge in [0, 0.05) is 55.2 Å². The minimum atomic E-state index is 0.656. The number of hydrogen-bond acceptors (Lipinski definition) is 3. The molecular weight excluding hydrogens is 625 g/mol. The van der Waals surface area contributed by atoms with Crippen molar-refractivity contribution in [1.29, 1.82) is 0 Å². The van der Waals surface area contributed by atoms with Gasteiger partial charge in [-0.05, 0) is 54.6 Å². The lowest BCUT2D eigenvalue weighted by molar-refractivity contribution is 0.669. The average molecular weight is 653 g/mol. The third-order valence-corrected chi connectivity index (χ3v) is 10.1. The van der Waals surface area contributed by atoms with Crippen molar-refractivity contribution in [2.75, 3.05) is 0 Å². The van der Waals surface area contributed by atoms with Gasteiger partial charge in [0.15, 0.2) is 5.82 Å². The summed E-state index contributed by atoms with van der Waals surface area (Å²) in [7, 11) is 0. The summed E-state index contributed by atoms with van der Waals surface area (Å²) in [5.74, 6) is 1.47. The summed E-state index contributed by atoms with van der Waals surface area (Å²) in [6.45, 7) is 0. The summed E-state index contributed by atoms with van der Waals surface area (Å²) in [6, 6.07) is 59.5. The second-order valence-corrected chi connectivity index (χ2v) is 13.0. The van der Waals surface area contributed by atoms with Gasteiger partial charge in [-0.15, -0.1) is 0 Å². The Balaban J connectivity index is 1.24. The quantitative estimate of drug-likeness (QED) is 0.190. The highest BCUT2D eigenvalue weighted by Gasteiger charge is 2.22. The van der Waals surface area contributed by atoms with E-state index in [-0.39, 0.29) is 0 Å². The topological polar surface area (TPSA) is 48.8 Å². The molecule has 0 amide bonds. The van der Waals surface area contributed by atoms with Crippen molar-refractivity contribution in [3.8, 4) is 34.2 Å². The van der Waals surface area contributed by atoms with Crippen LogP contribution in [0.1, 0.15) is 0 Å². The Hall–Kier alpha value is -6.98. The Bertz CT molecular complexity index is 3130. The van der Waals surface area contributed by atoms with E-state index in [9.17, 15) is 0 Å². The molecule has 0 aliphatic heterocycles. The van der Waals surface area contributed by atoms with Crippen LogP contribution in [0.3, 0.4) is 0 Å². The van der Waals surface area contributed by atoms with E-state index in [2.05, 4.69) is 149 Å². The molecule has 0 N–H and O–H groups in total. The van der Waals surface area contributed by atoms with Crippen molar-refractivity contribution < 1.29 is 4.42 Å². The molecule has 7 aromatic carbocycles. The molecule has 51 heavy (non-hydrogen) atoms. The smallest absolute Gasteiger partial charge is 0.162 e. The molecule has 5 nitrogen and oxygen atoms in total. The standard InChI is InChI=1S/C46H28N4O/c1-3-13-29(14-4-1)37-28-43(48-46(47-37)30-23-26-42-36(27-30)33-18-9-12-22-41(33)51-42)50-39-21-11-8-19-35(39)44-40(50)25-24-34-32-17-7-10-20-38(32)49(45(34)44)31-15-5-2-6-16-31/h1-28H. The molecule has 0 radical (unpaired) electrons. The Labute approximate surface area is 292 Å². The van der Waals surface area contributed by atoms with E-state index in [1.165, 1.54) is 32.6 Å². The molecule has 4 aromatic heterocycles. The summed E-state index contributed by atoms with van der Waals surface area (Å²) in [5.41, 5.74) is 10.2. The van der Waals surface area contributed by atoms with E-state index in [1.54, 1.807) is 0 Å². The molecule has 0 saturated carbocycles. The van der Waals surface area contributed by atoms with Crippen LogP contribution in [-0.2, 0) is 0 Å². The average Bonchev–Trinajstić information content (AvgIpc) is 3.86. The molecular formula is C46H28N4O. The van der Waals surface area contributed by atoms with Crippen LogP contribution in [0, 0.1) is 0 Å². The zero-order valence-electron chi connectivity index (χ0n) is 27.4. The van der Waals surface area contributed by atoms with Crippen LogP contribution in [-0.4, -0.2) is 19.1 Å². The number of rotatable bonds is 4. The molecule has 11 rings (SSSR count). The van der Waals surface area contributed by atoms with Gasteiger partial charge < -0.3 is 8.98 Å². The lowest BCUT2D eigenvalue weighted by Gasteiger charge is -2.12. The number of hydrogen-bond donors (Lipinski definition) is 0. The molecule has 4 heterocycles. The van der Waals surface area contributed by atoms with Gasteiger partial charge in [0.05, 0.1) is 27.8 Å². The number of para-hydroxylation sites is 4. The number of fused-ring (bicyclic) bond motifs is 10. The number of benzene rings is 7. The lowest BCUT2D eigenvalue weighted by Crippen LogP contribution is -2.02. The molecule has 0 fully saturated rings. The molecule has 0 aliphatic carbocycles. The van der Waals surface area contributed by atoms with Gasteiger partial charge in [-0.25, -0.2) is 9.97 Å². The largest absolute Gasteiger partial charge is 0.456 e. The molecule has 0 aliphatic rings. The van der Waals surface area contributed by atoms with Gasteiger partial charge in [-0.1, -0.05) is 109 Å². The summed E-state index contributed by atoms with van der Waals surface area (Å²) in [5, 5.41) is 6.94. The highest BCUT2D eigenvalue weighted by molar-refractivity contribution is 6.26. The zero-order chi connectivity index (χ0) is 33.5. The maximum atomic E-state index is 6.17. The molecule has 0 atom stereocenters. The number of furan rings is 1. The number of aromatic nitrogens is 4.